The van der Waals surface area contributed by atoms with Crippen LogP contribution in [0.4, 0.5) is 51.7 Å². The number of rotatable bonds is 16. The molecule has 21 rings (SSSR count). The van der Waals surface area contributed by atoms with Gasteiger partial charge in [-0.2, -0.15) is 9.13 Å². The van der Waals surface area contributed by atoms with Gasteiger partial charge in [0.15, 0.2) is 25.1 Å². The van der Waals surface area contributed by atoms with Crippen LogP contribution in [0.3, 0.4) is 0 Å². The molecule has 0 unspecified atom stereocenters. The van der Waals surface area contributed by atoms with Crippen molar-refractivity contribution in [3.05, 3.63) is 409 Å². The molecule has 770 valence electrons. The highest BCUT2D eigenvalue weighted by Crippen LogP contribution is 2.50. The van der Waals surface area contributed by atoms with Crippen molar-refractivity contribution in [2.24, 2.45) is 0 Å². The first-order valence-corrected chi connectivity index (χ1v) is 54.5. The van der Waals surface area contributed by atoms with Crippen molar-refractivity contribution in [1.82, 2.24) is 32.8 Å². The maximum atomic E-state index is 14.3. The van der Waals surface area contributed by atoms with Crippen LogP contribution in [-0.4, -0.2) is 90.2 Å². The molecule has 5 aliphatic heterocycles. The molecule has 0 aliphatic carbocycles. The second-order valence-corrected chi connectivity index (χ2v) is 43.8. The predicted molar refractivity (Wildman–Crippen MR) is 586 cm³/mol. The number of hydrogen-bond acceptors (Lipinski definition) is 24. The first kappa shape index (κ1) is 113. The van der Waals surface area contributed by atoms with E-state index in [-0.39, 0.29) is 82.7 Å². The summed E-state index contributed by atoms with van der Waals surface area (Å²) in [5.74, 6) is -3.46. The first-order valence-electron chi connectivity index (χ1n) is 45.9. The monoisotopic (exact) mass is 2280 g/mol. The van der Waals surface area contributed by atoms with E-state index in [4.69, 9.17) is 18.2 Å². The number of anilines is 5. The fraction of sp³-hybridized carbons (Fsp3) is 0.168. The van der Waals surface area contributed by atoms with Crippen LogP contribution in [0.2, 0.25) is 5.02 Å². The van der Waals surface area contributed by atoms with Gasteiger partial charge < -0.3 is 71.9 Å². The molecule has 0 fully saturated rings. The summed E-state index contributed by atoms with van der Waals surface area (Å²) in [6.07, 6.45) is 22.1. The van der Waals surface area contributed by atoms with Crippen molar-refractivity contribution < 1.29 is 88.3 Å². The third kappa shape index (κ3) is 24.1. The van der Waals surface area contributed by atoms with E-state index in [1.54, 1.807) is 136 Å². The van der Waals surface area contributed by atoms with E-state index in [1.807, 2.05) is 166 Å². The zero-order valence-corrected chi connectivity index (χ0v) is 92.8. The van der Waals surface area contributed by atoms with Crippen LogP contribution < -0.4 is 149 Å². The summed E-state index contributed by atoms with van der Waals surface area (Å²) >= 11 is 20.2. The lowest BCUT2D eigenvalue weighted by Crippen LogP contribution is -3.00. The van der Waals surface area contributed by atoms with Gasteiger partial charge in [0, 0.05) is 157 Å². The zero-order valence-electron chi connectivity index (χ0n) is 81.6. The molecular weight excluding hydrogens is 2190 g/mol. The van der Waals surface area contributed by atoms with E-state index in [9.17, 15) is 61.3 Å². The Hall–Kier alpha value is -13.0. The predicted octanol–water partition coefficient (Wildman–Crippen LogP) is 3.97. The van der Waals surface area contributed by atoms with Crippen molar-refractivity contribution in [2.45, 2.75) is 111 Å². The normalized spacial score (nSPS) is 15.3. The Balaban J connectivity index is 0.000000147. The first-order chi connectivity index (χ1) is 70.9. The largest absolute Gasteiger partial charge is 1.00 e. The Morgan fingerprint density at radius 1 is 0.387 bits per heavy atom. The number of carboxylic acids is 2. The molecule has 6 aromatic carbocycles. The molecule has 0 amide bonds. The molecule has 10 aromatic heterocycles. The van der Waals surface area contributed by atoms with Crippen molar-refractivity contribution in [3.63, 3.8) is 0 Å². The van der Waals surface area contributed by atoms with Crippen molar-refractivity contribution in [2.75, 3.05) is 59.7 Å². The van der Waals surface area contributed by atoms with Gasteiger partial charge in [0.1, 0.15) is 111 Å². The Labute approximate surface area is 921 Å². The molecule has 25 nitrogen and oxygen atoms in total. The average molecular weight is 2280 g/mol. The molecule has 0 saturated carbocycles. The van der Waals surface area contributed by atoms with E-state index in [1.165, 1.54) is 149 Å². The molecule has 0 atom stereocenters. The number of halogens is 8. The number of pyridine rings is 5. The summed E-state index contributed by atoms with van der Waals surface area (Å²) in [5.41, 5.74) is 9.17. The SMILES string of the molecule is CCn1c(=O)/c(=C2\Sc3ccc(F)cc3N2C)s/c1=C\c1cccc[n+]1CC.CCn1c(=O)/c(=C2\Sc3cccc(F)c3N2C)s/c1=C\c1cccc[n+]1CC.CN1/C(=c2\s/c(=C\c3ccncc3)n(CC(=O)O)c2=O)Sc2cc(F)ccc21.CN1/C(=c2\s/c(=C\c3ccncc3)n(CC(=O)O)c2=O)Sc2cccc(F)c21.[C-]#[N+]c1ccc(/C=c2\s/c(=C3/Sc4cc(Cl)ccc4N3C)c(=O)n2CC)[n+](Cc2ccccc2)c1.[Cl-].[Cl-].[Cl-]. The number of benzene rings is 6. The van der Waals surface area contributed by atoms with Gasteiger partial charge in [-0.25, -0.2) is 27.0 Å². The highest BCUT2D eigenvalue weighted by atomic mass is 35.5. The van der Waals surface area contributed by atoms with Crippen LogP contribution in [0, 0.1) is 29.8 Å². The lowest BCUT2D eigenvalue weighted by Gasteiger charge is -2.12. The van der Waals surface area contributed by atoms with Gasteiger partial charge in [-0.05, 0) is 185 Å². The number of nitrogens with zero attached hydrogens (tertiary/aromatic N) is 16. The van der Waals surface area contributed by atoms with Crippen molar-refractivity contribution >= 4 is 229 Å². The van der Waals surface area contributed by atoms with E-state index >= 15 is 0 Å². The third-order valence-electron chi connectivity index (χ3n) is 23.9. The maximum Gasteiger partial charge on any atom is 0.323 e. The maximum absolute atomic E-state index is 14.3. The fourth-order valence-corrected chi connectivity index (χ4v) is 29.1. The second-order valence-electron chi connectivity index (χ2n) is 33.0. The lowest BCUT2D eigenvalue weighted by molar-refractivity contribution is -0.695. The Morgan fingerprint density at radius 3 is 1.17 bits per heavy atom. The molecule has 2 N–H and O–H groups in total. The minimum atomic E-state index is -1.11. The minimum Gasteiger partial charge on any atom is -1.00 e. The lowest BCUT2D eigenvalue weighted by atomic mass is 10.2. The minimum absolute atomic E-state index is 0. The van der Waals surface area contributed by atoms with Crippen LogP contribution in [0.5, 0.6) is 0 Å². The van der Waals surface area contributed by atoms with Crippen LogP contribution in [-0.2, 0) is 61.9 Å². The summed E-state index contributed by atoms with van der Waals surface area (Å²) in [6.45, 7) is 20.8. The fourth-order valence-electron chi connectivity index (χ4n) is 16.6. The van der Waals surface area contributed by atoms with Gasteiger partial charge in [0.05, 0.1) is 44.3 Å². The van der Waals surface area contributed by atoms with E-state index < -0.39 is 30.6 Å². The number of fused-ring (bicyclic) bond motifs is 5. The zero-order chi connectivity index (χ0) is 104. The Morgan fingerprint density at radius 2 is 0.753 bits per heavy atom. The average Bonchev–Trinajstić information content (AvgIpc) is 1.62. The summed E-state index contributed by atoms with van der Waals surface area (Å²) in [5, 5.41) is 23.0. The number of aryl methyl sites for hydroxylation is 2. The number of thioether (sulfide) groups is 5. The molecule has 16 aromatic rings. The van der Waals surface area contributed by atoms with E-state index in [0.717, 1.165) is 117 Å². The standard InChI is InChI=1S/C27H22ClN4OS2.2C21H21FN3OS2.2C19H14FN3O3S2.3ClH/c1-4-32-24(15-21-12-11-20(29-2)17-31(21)16-18-8-6-5-7-9-18)35-25(26(32)33)27-30(3)22-13-10-19(28)14-23(22)34-27;1-4-24-12-7-6-9-14(24)13-17-25(5-2)20(26)19(28-17)21-23(3)18-15(22)10-8-11-16(18)27-21;1-4-24-11-7-6-8-15(24)13-18-25(5-2)20(26)19(28-18)21-23(3)16-12-14(22)9-10-17(16)27-21;1-22-13-3-2-12(20)9-14(13)27-19(22)17-18(26)23(10-16(24)25)15(28-17)8-11-4-6-21-7-5-11;1-22-16-12(20)3-2-4-13(16)27-19(22)17-18(26)23(10-15(24)25)14(28-17)9-11-5-7-21-8-6-11;;;/h5-15,17H,4,16H2,1,3H3;2*6-13H,4-5H2,1-3H3;2*2-9H,10H2,1H3,(H,24,25);3*1H/q3*+1;;;;;/p-3/b27-25+;2*21-19+;15-8-,19-17+;14-9-,19-17+;;;. The second kappa shape index (κ2) is 49.8. The van der Waals surface area contributed by atoms with Gasteiger partial charge in [0.2, 0.25) is 22.8 Å². The molecule has 0 spiro atoms. The number of thiazole rings is 5. The van der Waals surface area contributed by atoms with Gasteiger partial charge in [-0.3, -0.25) is 66.4 Å². The molecular formula is C107H92Cl4F4N16O9S10. The van der Waals surface area contributed by atoms with E-state index in [0.29, 0.717) is 90.3 Å². The van der Waals surface area contributed by atoms with Crippen LogP contribution in [0.1, 0.15) is 68.4 Å². The molecule has 0 bridgehead atoms. The Kier molecular flexibility index (Phi) is 37.4. The molecule has 15 heterocycles. The van der Waals surface area contributed by atoms with Crippen LogP contribution in [0.15, 0.2) is 286 Å². The molecule has 43 heteroatoms. The molecule has 150 heavy (non-hydrogen) atoms. The summed E-state index contributed by atoms with van der Waals surface area (Å²) < 4.78 is 76.6. The van der Waals surface area contributed by atoms with Gasteiger partial charge >= 0.3 is 11.9 Å². The van der Waals surface area contributed by atoms with E-state index in [2.05, 4.69) is 77.6 Å². The third-order valence-corrected chi connectivity index (χ3v) is 36.4. The van der Waals surface area contributed by atoms with Gasteiger partial charge in [-0.15, -0.1) is 56.7 Å². The van der Waals surface area contributed by atoms with Gasteiger partial charge in [-0.1, -0.05) is 113 Å². The Bertz CT molecular complexity index is 9020. The van der Waals surface area contributed by atoms with Crippen molar-refractivity contribution in [1.29, 1.82) is 0 Å². The number of carboxylic acid groups (broad SMARTS) is 2. The van der Waals surface area contributed by atoms with Crippen LogP contribution in [0.25, 0.3) is 60.4 Å². The van der Waals surface area contributed by atoms with Crippen molar-refractivity contribution in [3.8, 4) is 0 Å². The highest BCUT2D eigenvalue weighted by molar-refractivity contribution is 8.10. The molecule has 0 radical (unpaired) electrons. The number of hydrogen-bond donors (Lipinski definition) is 2. The quantitative estimate of drug-likeness (QED) is 0.0790. The topological polar surface area (TPSA) is 243 Å². The molecule has 0 saturated heterocycles. The smallest absolute Gasteiger partial charge is 0.323 e. The van der Waals surface area contributed by atoms with Gasteiger partial charge in [0.25, 0.3) is 27.8 Å². The summed E-state index contributed by atoms with van der Waals surface area (Å²) in [7, 11) is 9.19. The molecule has 5 aliphatic rings. The number of aliphatic carboxylic acids is 2. The number of carbonyl (C=O) groups is 2. The van der Waals surface area contributed by atoms with Crippen LogP contribution >= 0.6 is 127 Å². The number of para-hydroxylation sites is 2. The number of aromatic nitrogens is 10. The summed E-state index contributed by atoms with van der Waals surface area (Å²) in [4.78, 5) is 113. The highest BCUT2D eigenvalue weighted by Gasteiger charge is 2.33. The summed E-state index contributed by atoms with van der Waals surface area (Å²) in [6, 6.07) is 57.9.